The first-order valence-electron chi connectivity index (χ1n) is 9.98. The van der Waals surface area contributed by atoms with Crippen LogP contribution in [0.15, 0.2) is 67.0 Å². The molecule has 0 saturated carbocycles. The first-order valence-corrected chi connectivity index (χ1v) is 9.98. The van der Waals surface area contributed by atoms with E-state index in [-0.39, 0.29) is 5.91 Å². The van der Waals surface area contributed by atoms with Crippen LogP contribution < -0.4 is 10.2 Å². The lowest BCUT2D eigenvalue weighted by molar-refractivity contribution is -0.111. The zero-order chi connectivity index (χ0) is 20.8. The van der Waals surface area contributed by atoms with Gasteiger partial charge < -0.3 is 15.0 Å². The molecule has 0 atom stereocenters. The molecule has 3 aromatic rings. The van der Waals surface area contributed by atoms with Gasteiger partial charge in [-0.05, 0) is 54.0 Å². The maximum atomic E-state index is 12.3. The SMILES string of the molecule is Cc1cccc(/C=C/C(=O)Nc2cc(-c3ccnc(N4CCOCC4)c3)ccn2)c1. The third kappa shape index (κ3) is 5.10. The van der Waals surface area contributed by atoms with Crippen molar-refractivity contribution in [1.29, 1.82) is 0 Å². The van der Waals surface area contributed by atoms with Crippen molar-refractivity contribution >= 4 is 23.6 Å². The molecule has 4 rings (SSSR count). The zero-order valence-electron chi connectivity index (χ0n) is 16.9. The highest BCUT2D eigenvalue weighted by molar-refractivity contribution is 6.01. The quantitative estimate of drug-likeness (QED) is 0.657. The smallest absolute Gasteiger partial charge is 0.249 e. The number of nitrogens with one attached hydrogen (secondary N) is 1. The lowest BCUT2D eigenvalue weighted by Gasteiger charge is -2.28. The van der Waals surface area contributed by atoms with Crippen molar-refractivity contribution in [1.82, 2.24) is 9.97 Å². The second kappa shape index (κ2) is 9.33. The summed E-state index contributed by atoms with van der Waals surface area (Å²) in [6.07, 6.45) is 6.82. The molecule has 30 heavy (non-hydrogen) atoms. The number of aromatic nitrogens is 2. The third-order valence-corrected chi connectivity index (χ3v) is 4.89. The van der Waals surface area contributed by atoms with E-state index in [1.165, 1.54) is 6.08 Å². The Bertz CT molecular complexity index is 1060. The van der Waals surface area contributed by atoms with Crippen molar-refractivity contribution in [2.24, 2.45) is 0 Å². The Hall–Kier alpha value is -3.51. The maximum absolute atomic E-state index is 12.3. The molecule has 1 fully saturated rings. The molecule has 6 heteroatoms. The first kappa shape index (κ1) is 19.8. The monoisotopic (exact) mass is 400 g/mol. The number of rotatable bonds is 5. The number of hydrogen-bond acceptors (Lipinski definition) is 5. The largest absolute Gasteiger partial charge is 0.378 e. The van der Waals surface area contributed by atoms with Gasteiger partial charge >= 0.3 is 0 Å². The maximum Gasteiger partial charge on any atom is 0.249 e. The molecule has 1 saturated heterocycles. The van der Waals surface area contributed by atoms with Gasteiger partial charge in [-0.2, -0.15) is 0 Å². The number of morpholine rings is 1. The predicted octanol–water partition coefficient (Wildman–Crippen LogP) is 3.94. The fourth-order valence-electron chi connectivity index (χ4n) is 3.36. The molecule has 2 aromatic heterocycles. The Labute approximate surface area is 176 Å². The van der Waals surface area contributed by atoms with E-state index in [0.717, 1.165) is 41.2 Å². The number of benzene rings is 1. The van der Waals surface area contributed by atoms with Crippen molar-refractivity contribution < 1.29 is 9.53 Å². The average molecular weight is 400 g/mol. The molecule has 3 heterocycles. The van der Waals surface area contributed by atoms with Gasteiger partial charge in [0.25, 0.3) is 0 Å². The van der Waals surface area contributed by atoms with E-state index in [0.29, 0.717) is 19.0 Å². The van der Waals surface area contributed by atoms with Crippen molar-refractivity contribution in [3.05, 3.63) is 78.1 Å². The molecule has 0 unspecified atom stereocenters. The summed E-state index contributed by atoms with van der Waals surface area (Å²) >= 11 is 0. The molecule has 6 nitrogen and oxygen atoms in total. The summed E-state index contributed by atoms with van der Waals surface area (Å²) in [5.41, 5.74) is 4.14. The summed E-state index contributed by atoms with van der Waals surface area (Å²) in [5, 5.41) is 2.84. The zero-order valence-corrected chi connectivity index (χ0v) is 16.9. The molecule has 1 aromatic carbocycles. The number of nitrogens with zero attached hydrogens (tertiary/aromatic N) is 3. The van der Waals surface area contributed by atoms with Crippen molar-refractivity contribution in [3.63, 3.8) is 0 Å². The van der Waals surface area contributed by atoms with E-state index in [1.807, 2.05) is 55.6 Å². The van der Waals surface area contributed by atoms with Crippen LogP contribution in [-0.2, 0) is 9.53 Å². The lowest BCUT2D eigenvalue weighted by Crippen LogP contribution is -2.36. The van der Waals surface area contributed by atoms with Crippen LogP contribution in [0.4, 0.5) is 11.6 Å². The highest BCUT2D eigenvalue weighted by Gasteiger charge is 2.13. The highest BCUT2D eigenvalue weighted by Crippen LogP contribution is 2.25. The van der Waals surface area contributed by atoms with Gasteiger partial charge in [-0.25, -0.2) is 9.97 Å². The van der Waals surface area contributed by atoms with Gasteiger partial charge in [0.1, 0.15) is 11.6 Å². The lowest BCUT2D eigenvalue weighted by atomic mass is 10.1. The fourth-order valence-corrected chi connectivity index (χ4v) is 3.36. The van der Waals surface area contributed by atoms with Crippen LogP contribution in [0.1, 0.15) is 11.1 Å². The number of anilines is 2. The molecule has 0 aliphatic carbocycles. The first-order chi connectivity index (χ1) is 14.7. The summed E-state index contributed by atoms with van der Waals surface area (Å²) < 4.78 is 5.42. The molecule has 0 radical (unpaired) electrons. The molecule has 0 spiro atoms. The van der Waals surface area contributed by atoms with Crippen LogP contribution in [0.5, 0.6) is 0 Å². The minimum absolute atomic E-state index is 0.218. The van der Waals surface area contributed by atoms with E-state index >= 15 is 0 Å². The molecule has 1 N–H and O–H groups in total. The van der Waals surface area contributed by atoms with Gasteiger partial charge in [0.2, 0.25) is 5.91 Å². The van der Waals surface area contributed by atoms with Crippen LogP contribution >= 0.6 is 0 Å². The standard InChI is InChI=1S/C24H24N4O2/c1-18-3-2-4-19(15-18)5-6-24(29)27-22-16-20(7-9-25-22)21-8-10-26-23(17-21)28-11-13-30-14-12-28/h2-10,15-17H,11-14H2,1H3,(H,25,27,29)/b6-5+. The highest BCUT2D eigenvalue weighted by atomic mass is 16.5. The molecule has 1 aliphatic heterocycles. The number of aryl methyl sites for hydroxylation is 1. The van der Waals surface area contributed by atoms with Gasteiger partial charge in [-0.1, -0.05) is 29.8 Å². The normalized spacial score (nSPS) is 14.1. The fraction of sp³-hybridized carbons (Fsp3) is 0.208. The van der Waals surface area contributed by atoms with Gasteiger partial charge in [0.15, 0.2) is 0 Å². The van der Waals surface area contributed by atoms with Crippen molar-refractivity contribution in [2.75, 3.05) is 36.5 Å². The number of ether oxygens (including phenoxy) is 1. The Balaban J connectivity index is 1.47. The molecular formula is C24H24N4O2. The number of carbonyl (C=O) groups is 1. The van der Waals surface area contributed by atoms with Crippen molar-refractivity contribution in [2.45, 2.75) is 6.92 Å². The van der Waals surface area contributed by atoms with E-state index in [4.69, 9.17) is 4.74 Å². The van der Waals surface area contributed by atoms with Gasteiger partial charge in [0.05, 0.1) is 13.2 Å². The van der Waals surface area contributed by atoms with E-state index < -0.39 is 0 Å². The Morgan fingerprint density at radius 1 is 1.03 bits per heavy atom. The summed E-state index contributed by atoms with van der Waals surface area (Å²) in [6, 6.07) is 15.8. The molecule has 152 valence electrons. The van der Waals surface area contributed by atoms with Crippen molar-refractivity contribution in [3.8, 4) is 11.1 Å². The summed E-state index contributed by atoms with van der Waals surface area (Å²) in [6.45, 7) is 5.12. The van der Waals surface area contributed by atoms with E-state index in [1.54, 1.807) is 12.3 Å². The minimum atomic E-state index is -0.218. The molecule has 0 bridgehead atoms. The van der Waals surface area contributed by atoms with Crippen LogP contribution in [0, 0.1) is 6.92 Å². The number of pyridine rings is 2. The number of amides is 1. The Kier molecular flexibility index (Phi) is 6.15. The minimum Gasteiger partial charge on any atom is -0.378 e. The number of carbonyl (C=O) groups excluding carboxylic acids is 1. The average Bonchev–Trinajstić information content (AvgIpc) is 2.79. The molecular weight excluding hydrogens is 376 g/mol. The second-order valence-electron chi connectivity index (χ2n) is 7.17. The van der Waals surface area contributed by atoms with Crippen LogP contribution in [0.25, 0.3) is 17.2 Å². The van der Waals surface area contributed by atoms with Gasteiger partial charge in [0, 0.05) is 31.6 Å². The summed E-state index contributed by atoms with van der Waals surface area (Å²) in [7, 11) is 0. The van der Waals surface area contributed by atoms with E-state index in [9.17, 15) is 4.79 Å². The predicted molar refractivity (Wildman–Crippen MR) is 119 cm³/mol. The second-order valence-corrected chi connectivity index (χ2v) is 7.17. The Morgan fingerprint density at radius 2 is 1.80 bits per heavy atom. The van der Waals surface area contributed by atoms with Crippen LogP contribution in [-0.4, -0.2) is 42.2 Å². The van der Waals surface area contributed by atoms with Gasteiger partial charge in [-0.3, -0.25) is 4.79 Å². The number of hydrogen-bond donors (Lipinski definition) is 1. The van der Waals surface area contributed by atoms with Gasteiger partial charge in [-0.15, -0.1) is 0 Å². The third-order valence-electron chi connectivity index (χ3n) is 4.89. The topological polar surface area (TPSA) is 67.4 Å². The molecule has 1 aliphatic rings. The van der Waals surface area contributed by atoms with Crippen LogP contribution in [0.3, 0.4) is 0 Å². The van der Waals surface area contributed by atoms with Crippen LogP contribution in [0.2, 0.25) is 0 Å². The summed E-state index contributed by atoms with van der Waals surface area (Å²) in [4.78, 5) is 23.3. The Morgan fingerprint density at radius 3 is 2.60 bits per heavy atom. The molecule has 1 amide bonds. The van der Waals surface area contributed by atoms with E-state index in [2.05, 4.69) is 26.3 Å². The summed E-state index contributed by atoms with van der Waals surface area (Å²) in [5.74, 6) is 1.22.